The van der Waals surface area contributed by atoms with Crippen LogP contribution in [0.2, 0.25) is 0 Å². The maximum atomic E-state index is 12.3. The van der Waals surface area contributed by atoms with Crippen molar-refractivity contribution in [3.63, 3.8) is 0 Å². The van der Waals surface area contributed by atoms with E-state index in [0.717, 1.165) is 25.8 Å². The van der Waals surface area contributed by atoms with Crippen molar-refractivity contribution in [1.29, 1.82) is 0 Å². The molecule has 0 radical (unpaired) electrons. The van der Waals surface area contributed by atoms with Crippen molar-refractivity contribution >= 4 is 23.6 Å². The molecule has 0 N–H and O–H groups in total. The number of amides is 2. The lowest BCUT2D eigenvalue weighted by Crippen LogP contribution is -2.41. The fourth-order valence-electron chi connectivity index (χ4n) is 2.65. The third-order valence-electron chi connectivity index (χ3n) is 3.82. The zero-order valence-corrected chi connectivity index (χ0v) is 13.9. The van der Waals surface area contributed by atoms with Gasteiger partial charge < -0.3 is 14.5 Å². The number of likely N-dealkylation sites (tertiary alicyclic amines) is 1. The molecule has 2 amide bonds. The van der Waals surface area contributed by atoms with E-state index >= 15 is 0 Å². The predicted octanol–water partition coefficient (Wildman–Crippen LogP) is 2.47. The monoisotopic (exact) mass is 316 g/mol. The van der Waals surface area contributed by atoms with E-state index in [4.69, 9.17) is 16.3 Å². The molecule has 0 unspecified atom stereocenters. The van der Waals surface area contributed by atoms with E-state index in [1.165, 1.54) is 0 Å². The molecule has 1 saturated heterocycles. The Bertz CT molecular complexity index is 404. The maximum Gasteiger partial charge on any atom is 0.410 e. The molecule has 1 saturated carbocycles. The molecule has 0 bridgehead atoms. The average molecular weight is 317 g/mol. The topological polar surface area (TPSA) is 49.9 Å². The summed E-state index contributed by atoms with van der Waals surface area (Å²) in [6, 6.07) is 0.317. The standard InChI is InChI=1S/C15H25ClN2O3/c1-15(2,3)21-14(20)18(12-4-5-12)10-11-6-7-17(9-11)13(19)8-16/h11-12H,4-10H2,1-3H3/t11-/m1/s1. The van der Waals surface area contributed by atoms with Gasteiger partial charge in [-0.05, 0) is 46.0 Å². The summed E-state index contributed by atoms with van der Waals surface area (Å²) < 4.78 is 5.49. The first kappa shape index (κ1) is 16.4. The summed E-state index contributed by atoms with van der Waals surface area (Å²) in [4.78, 5) is 27.5. The van der Waals surface area contributed by atoms with Crippen molar-refractivity contribution in [3.8, 4) is 0 Å². The summed E-state index contributed by atoms with van der Waals surface area (Å²) in [5.41, 5.74) is -0.472. The highest BCUT2D eigenvalue weighted by Gasteiger charge is 2.38. The second kappa shape index (κ2) is 6.42. The molecule has 0 aromatic heterocycles. The molecule has 120 valence electrons. The number of hydrogen-bond donors (Lipinski definition) is 0. The minimum absolute atomic E-state index is 0.0191. The summed E-state index contributed by atoms with van der Waals surface area (Å²) in [6.07, 6.45) is 2.80. The lowest BCUT2D eigenvalue weighted by Gasteiger charge is -2.29. The Morgan fingerprint density at radius 1 is 1.29 bits per heavy atom. The summed E-state index contributed by atoms with van der Waals surface area (Å²) in [7, 11) is 0. The number of nitrogens with zero attached hydrogens (tertiary/aromatic N) is 2. The number of hydrogen-bond acceptors (Lipinski definition) is 3. The van der Waals surface area contributed by atoms with Crippen molar-refractivity contribution in [2.75, 3.05) is 25.5 Å². The molecule has 1 atom stereocenters. The van der Waals surface area contributed by atoms with Gasteiger partial charge in [0.25, 0.3) is 0 Å². The molecular formula is C15H25ClN2O3. The highest BCUT2D eigenvalue weighted by atomic mass is 35.5. The first-order valence-corrected chi connectivity index (χ1v) is 8.17. The number of rotatable bonds is 4. The van der Waals surface area contributed by atoms with E-state index in [9.17, 15) is 9.59 Å². The molecule has 0 aromatic rings. The van der Waals surface area contributed by atoms with Gasteiger partial charge in [0.2, 0.25) is 5.91 Å². The molecule has 2 fully saturated rings. The molecular weight excluding hydrogens is 292 g/mol. The molecule has 5 nitrogen and oxygen atoms in total. The van der Waals surface area contributed by atoms with Gasteiger partial charge >= 0.3 is 6.09 Å². The molecule has 2 aliphatic rings. The van der Waals surface area contributed by atoms with Crippen LogP contribution in [-0.4, -0.2) is 59.0 Å². The number of carbonyl (C=O) groups excluding carboxylic acids is 2. The average Bonchev–Trinajstić information content (AvgIpc) is 3.11. The highest BCUT2D eigenvalue weighted by Crippen LogP contribution is 2.30. The Hall–Kier alpha value is -0.970. The van der Waals surface area contributed by atoms with E-state index in [2.05, 4.69) is 0 Å². The van der Waals surface area contributed by atoms with Gasteiger partial charge in [-0.2, -0.15) is 0 Å². The predicted molar refractivity (Wildman–Crippen MR) is 81.4 cm³/mol. The largest absolute Gasteiger partial charge is 0.444 e. The van der Waals surface area contributed by atoms with Gasteiger partial charge in [0.05, 0.1) is 0 Å². The molecule has 1 heterocycles. The fourth-order valence-corrected chi connectivity index (χ4v) is 2.82. The highest BCUT2D eigenvalue weighted by molar-refractivity contribution is 6.27. The number of carbonyl (C=O) groups is 2. The molecule has 2 rings (SSSR count). The molecule has 21 heavy (non-hydrogen) atoms. The Morgan fingerprint density at radius 2 is 1.95 bits per heavy atom. The van der Waals surface area contributed by atoms with Crippen molar-refractivity contribution in [3.05, 3.63) is 0 Å². The first-order valence-electron chi connectivity index (χ1n) is 7.63. The quantitative estimate of drug-likeness (QED) is 0.749. The van der Waals surface area contributed by atoms with Gasteiger partial charge in [-0.25, -0.2) is 4.79 Å². The van der Waals surface area contributed by atoms with Gasteiger partial charge in [-0.1, -0.05) is 0 Å². The van der Waals surface area contributed by atoms with Crippen LogP contribution in [0.1, 0.15) is 40.0 Å². The third kappa shape index (κ3) is 4.77. The Morgan fingerprint density at radius 3 is 2.48 bits per heavy atom. The van der Waals surface area contributed by atoms with Crippen molar-refractivity contribution < 1.29 is 14.3 Å². The van der Waals surface area contributed by atoms with Gasteiger partial charge in [0, 0.05) is 25.7 Å². The lowest BCUT2D eigenvalue weighted by molar-refractivity contribution is -0.127. The van der Waals surface area contributed by atoms with E-state index in [0.29, 0.717) is 25.0 Å². The van der Waals surface area contributed by atoms with Gasteiger partial charge in [0.1, 0.15) is 11.5 Å². The normalized spacial score (nSPS) is 22.3. The molecule has 0 spiro atoms. The van der Waals surface area contributed by atoms with Crippen LogP contribution in [0.4, 0.5) is 4.79 Å². The van der Waals surface area contributed by atoms with E-state index in [1.54, 1.807) is 4.90 Å². The van der Waals surface area contributed by atoms with Crippen LogP contribution >= 0.6 is 11.6 Å². The summed E-state index contributed by atoms with van der Waals surface area (Å²) in [6.45, 7) is 7.75. The Balaban J connectivity index is 1.89. The minimum atomic E-state index is -0.472. The third-order valence-corrected chi connectivity index (χ3v) is 4.05. The number of ether oxygens (including phenoxy) is 1. The van der Waals surface area contributed by atoms with E-state index in [1.807, 2.05) is 25.7 Å². The smallest absolute Gasteiger partial charge is 0.410 e. The molecule has 1 aliphatic carbocycles. The second-order valence-corrected chi connectivity index (χ2v) is 7.26. The van der Waals surface area contributed by atoms with Crippen LogP contribution in [0.25, 0.3) is 0 Å². The van der Waals surface area contributed by atoms with Gasteiger partial charge in [-0.15, -0.1) is 11.6 Å². The van der Waals surface area contributed by atoms with Crippen LogP contribution in [0, 0.1) is 5.92 Å². The summed E-state index contributed by atoms with van der Waals surface area (Å²) in [5, 5.41) is 0. The second-order valence-electron chi connectivity index (χ2n) is 6.99. The Labute approximate surface area is 131 Å². The van der Waals surface area contributed by atoms with Crippen LogP contribution in [0.15, 0.2) is 0 Å². The zero-order valence-electron chi connectivity index (χ0n) is 13.1. The molecule has 1 aliphatic heterocycles. The summed E-state index contributed by atoms with van der Waals surface area (Å²) in [5.74, 6) is 0.338. The van der Waals surface area contributed by atoms with Crippen molar-refractivity contribution in [2.24, 2.45) is 5.92 Å². The molecule has 0 aromatic carbocycles. The zero-order chi connectivity index (χ0) is 15.6. The van der Waals surface area contributed by atoms with E-state index < -0.39 is 5.60 Å². The fraction of sp³-hybridized carbons (Fsp3) is 0.867. The van der Waals surface area contributed by atoms with Crippen LogP contribution in [0.3, 0.4) is 0 Å². The van der Waals surface area contributed by atoms with Crippen LogP contribution < -0.4 is 0 Å². The molecule has 6 heteroatoms. The van der Waals surface area contributed by atoms with E-state index in [-0.39, 0.29) is 17.9 Å². The first-order chi connectivity index (χ1) is 9.80. The summed E-state index contributed by atoms with van der Waals surface area (Å²) >= 11 is 5.59. The van der Waals surface area contributed by atoms with Crippen molar-refractivity contribution in [2.45, 2.75) is 51.7 Å². The SMILES string of the molecule is CC(C)(C)OC(=O)N(C[C@@H]1CCN(C(=O)CCl)C1)C1CC1. The number of alkyl halides is 1. The van der Waals surface area contributed by atoms with Crippen LogP contribution in [-0.2, 0) is 9.53 Å². The maximum absolute atomic E-state index is 12.3. The minimum Gasteiger partial charge on any atom is -0.444 e. The van der Waals surface area contributed by atoms with Crippen LogP contribution in [0.5, 0.6) is 0 Å². The van der Waals surface area contributed by atoms with Crippen molar-refractivity contribution in [1.82, 2.24) is 9.80 Å². The van der Waals surface area contributed by atoms with Gasteiger partial charge in [-0.3, -0.25) is 4.79 Å². The lowest BCUT2D eigenvalue weighted by atomic mass is 10.1. The Kier molecular flexibility index (Phi) is 5.02. The van der Waals surface area contributed by atoms with Gasteiger partial charge in [0.15, 0.2) is 0 Å². The number of halogens is 1.